The number of carbonyl (C=O) groups is 6. The second kappa shape index (κ2) is 37.2. The molecule has 0 fully saturated rings. The molecule has 0 aliphatic heterocycles. The van der Waals surface area contributed by atoms with E-state index in [1.807, 2.05) is 0 Å². The summed E-state index contributed by atoms with van der Waals surface area (Å²) in [5, 5.41) is 64.0. The number of rotatable bonds is 9. The summed E-state index contributed by atoms with van der Waals surface area (Å²) >= 11 is 0. The molecule has 2 atom stereocenters. The van der Waals surface area contributed by atoms with E-state index in [9.17, 15) is 19.2 Å². The molecule has 222 valence electrons. The summed E-state index contributed by atoms with van der Waals surface area (Å²) in [4.78, 5) is 57.2. The van der Waals surface area contributed by atoms with Gasteiger partial charge in [0.25, 0.3) is 11.9 Å². The minimum atomic E-state index is -0.950. The van der Waals surface area contributed by atoms with Crippen molar-refractivity contribution in [2.75, 3.05) is 26.4 Å². The van der Waals surface area contributed by atoms with Gasteiger partial charge in [-0.1, -0.05) is 20.8 Å². The quantitative estimate of drug-likeness (QED) is 0.165. The number of carboxylic acid groups (broad SMARTS) is 4. The summed E-state index contributed by atoms with van der Waals surface area (Å²) in [6, 6.07) is 0. The Balaban J connectivity index is -0.0000000814. The Kier molecular flexibility index (Phi) is 47.2. The number of carboxylic acids is 4. The van der Waals surface area contributed by atoms with Gasteiger partial charge in [0, 0.05) is 40.0 Å². The van der Waals surface area contributed by atoms with E-state index in [1.54, 1.807) is 20.8 Å². The first-order valence-electron chi connectivity index (χ1n) is 10.6. The topological polar surface area (TPSA) is 283 Å². The van der Waals surface area contributed by atoms with Crippen LogP contribution in [0.25, 0.3) is 0 Å². The molecular weight excluding hydrogens is 508 g/mol. The number of aliphatic carboxylic acids is 4. The maximum Gasteiger partial charge on any atom is 0.305 e. The average Bonchev–Trinajstić information content (AvgIpc) is 2.80. The fraction of sp³-hybridized carbons (Fsp3) is 0.714. The van der Waals surface area contributed by atoms with Gasteiger partial charge in [0.15, 0.2) is 0 Å². The highest BCUT2D eigenvalue weighted by molar-refractivity contribution is 5.68. The van der Waals surface area contributed by atoms with Crippen molar-refractivity contribution in [2.24, 2.45) is 0 Å². The fourth-order valence-corrected chi connectivity index (χ4v) is 0.610. The molecule has 0 saturated carbocycles. The lowest BCUT2D eigenvalue weighted by molar-refractivity contribution is -0.147. The van der Waals surface area contributed by atoms with Crippen LogP contribution in [-0.4, -0.2) is 115 Å². The van der Waals surface area contributed by atoms with Crippen LogP contribution in [0.5, 0.6) is 0 Å². The third-order valence-corrected chi connectivity index (χ3v) is 2.23. The van der Waals surface area contributed by atoms with Gasteiger partial charge in [0.1, 0.15) is 25.4 Å². The molecule has 0 aromatic rings. The summed E-state index contributed by atoms with van der Waals surface area (Å²) < 4.78 is 8.84. The van der Waals surface area contributed by atoms with Gasteiger partial charge in [-0.2, -0.15) is 0 Å². The van der Waals surface area contributed by atoms with Gasteiger partial charge in [-0.3, -0.25) is 28.8 Å². The molecule has 8 N–H and O–H groups in total. The van der Waals surface area contributed by atoms with Gasteiger partial charge in [0.05, 0.1) is 13.2 Å². The van der Waals surface area contributed by atoms with Crippen LogP contribution >= 0.6 is 0 Å². The lowest BCUT2D eigenvalue weighted by Crippen LogP contribution is -2.21. The summed E-state index contributed by atoms with van der Waals surface area (Å²) in [7, 11) is 0. The molecule has 0 spiro atoms. The predicted octanol–water partition coefficient (Wildman–Crippen LogP) is -0.661. The highest BCUT2D eigenvalue weighted by atomic mass is 16.5. The van der Waals surface area contributed by atoms with Crippen LogP contribution in [0, 0.1) is 0 Å². The van der Waals surface area contributed by atoms with E-state index in [0.717, 1.165) is 13.8 Å². The molecule has 16 nitrogen and oxygen atoms in total. The first-order valence-corrected chi connectivity index (χ1v) is 10.6. The van der Waals surface area contributed by atoms with Crippen molar-refractivity contribution in [1.29, 1.82) is 0 Å². The lowest BCUT2D eigenvalue weighted by Gasteiger charge is -2.06. The van der Waals surface area contributed by atoms with Gasteiger partial charge >= 0.3 is 23.9 Å². The summed E-state index contributed by atoms with van der Waals surface area (Å²) in [6.45, 7) is 7.25. The Bertz CT molecular complexity index is 557. The number of aliphatic hydroxyl groups is 4. The maximum atomic E-state index is 10.4. The van der Waals surface area contributed by atoms with Gasteiger partial charge in [-0.15, -0.1) is 0 Å². The molecule has 0 radical (unpaired) electrons. The van der Waals surface area contributed by atoms with Crippen molar-refractivity contribution in [2.45, 2.75) is 73.0 Å². The van der Waals surface area contributed by atoms with Crippen molar-refractivity contribution >= 4 is 35.8 Å². The van der Waals surface area contributed by atoms with E-state index in [0.29, 0.717) is 0 Å². The zero-order valence-corrected chi connectivity index (χ0v) is 21.9. The molecule has 2 unspecified atom stereocenters. The number of hydrogen-bond acceptors (Lipinski definition) is 12. The van der Waals surface area contributed by atoms with Crippen LogP contribution in [0.1, 0.15) is 60.8 Å². The van der Waals surface area contributed by atoms with E-state index in [1.165, 1.54) is 6.92 Å². The van der Waals surface area contributed by atoms with E-state index in [-0.39, 0.29) is 51.7 Å². The Hall–Kier alpha value is -3.34. The molecule has 0 aromatic carbocycles. The van der Waals surface area contributed by atoms with Gasteiger partial charge < -0.3 is 50.3 Å². The third kappa shape index (κ3) is 111. The minimum Gasteiger partial charge on any atom is -0.481 e. The molecule has 16 heteroatoms. The van der Waals surface area contributed by atoms with Crippen LogP contribution in [0.4, 0.5) is 0 Å². The number of carbonyl (C=O) groups excluding carboxylic acids is 2. The molecule has 37 heavy (non-hydrogen) atoms. The van der Waals surface area contributed by atoms with E-state index >= 15 is 0 Å². The molecule has 0 aromatic heterocycles. The number of hydrogen-bond donors (Lipinski definition) is 8. The minimum absolute atomic E-state index is 0.122. The number of esters is 2. The van der Waals surface area contributed by atoms with Crippen molar-refractivity contribution in [3.63, 3.8) is 0 Å². The Morgan fingerprint density at radius 2 is 0.838 bits per heavy atom. The molecular formula is C21H42O16. The van der Waals surface area contributed by atoms with E-state index < -0.39 is 42.1 Å². The average molecular weight is 551 g/mol. The first kappa shape index (κ1) is 46.9. The number of aliphatic hydroxyl groups excluding tert-OH is 4. The monoisotopic (exact) mass is 550 g/mol. The van der Waals surface area contributed by atoms with Gasteiger partial charge in [0.2, 0.25) is 0 Å². The lowest BCUT2D eigenvalue weighted by atomic mass is 10.4. The van der Waals surface area contributed by atoms with Crippen molar-refractivity contribution < 1.29 is 79.1 Å². The third-order valence-electron chi connectivity index (χ3n) is 2.23. The molecule has 0 bridgehead atoms. The summed E-state index contributed by atoms with van der Waals surface area (Å²) in [5.74, 6) is -3.98. The molecule has 0 aliphatic rings. The SMILES string of the molecule is CC(=O)O.CC(=O)O.CC(=O)OCC(O)CO.CCC(=O)O.CCC(=O)O.CCC(=O)OCC(O)CO. The highest BCUT2D eigenvalue weighted by Gasteiger charge is 2.04. The Morgan fingerprint density at radius 1 is 0.595 bits per heavy atom. The van der Waals surface area contributed by atoms with Crippen molar-refractivity contribution in [1.82, 2.24) is 0 Å². The predicted molar refractivity (Wildman–Crippen MR) is 127 cm³/mol. The van der Waals surface area contributed by atoms with Gasteiger partial charge in [-0.05, 0) is 0 Å². The second-order valence-corrected chi connectivity index (χ2v) is 6.04. The van der Waals surface area contributed by atoms with E-state index in [4.69, 9.17) is 50.4 Å². The Morgan fingerprint density at radius 3 is 1.00 bits per heavy atom. The maximum absolute atomic E-state index is 10.4. The summed E-state index contributed by atoms with van der Waals surface area (Å²) in [6.07, 6.45) is -1.16. The zero-order chi connectivity index (χ0) is 31.0. The standard InChI is InChI=1S/C6H12O4.C5H10O4.2C3H6O2.2C2H4O2/c1-2-6(9)10-4-5(8)3-7;1-4(7)9-3-5(8)2-6;2*1-2-3(4)5;2*1-2(3)4/h5,7-8H,2-4H2,1H3;5-6,8H,2-3H2,1H3;2*2H2,1H3,(H,4,5);2*1H3,(H,3,4). The molecule has 0 rings (SSSR count). The second-order valence-electron chi connectivity index (χ2n) is 6.04. The fourth-order valence-electron chi connectivity index (χ4n) is 0.610. The van der Waals surface area contributed by atoms with Crippen molar-refractivity contribution in [3.05, 3.63) is 0 Å². The van der Waals surface area contributed by atoms with Crippen LogP contribution in [0.15, 0.2) is 0 Å². The largest absolute Gasteiger partial charge is 0.481 e. The van der Waals surface area contributed by atoms with Crippen molar-refractivity contribution in [3.8, 4) is 0 Å². The van der Waals surface area contributed by atoms with E-state index in [2.05, 4.69) is 9.47 Å². The molecule has 0 aliphatic carbocycles. The smallest absolute Gasteiger partial charge is 0.305 e. The van der Waals surface area contributed by atoms with Crippen LogP contribution < -0.4 is 0 Å². The highest BCUT2D eigenvalue weighted by Crippen LogP contribution is 1.87. The first-order chi connectivity index (χ1) is 16.9. The Labute approximate surface area is 215 Å². The number of ether oxygens (including phenoxy) is 2. The van der Waals surface area contributed by atoms with Crippen LogP contribution in [-0.2, 0) is 38.2 Å². The molecule has 0 amide bonds. The van der Waals surface area contributed by atoms with Crippen LogP contribution in [0.2, 0.25) is 0 Å². The zero-order valence-electron chi connectivity index (χ0n) is 21.9. The molecule has 0 heterocycles. The summed E-state index contributed by atoms with van der Waals surface area (Å²) in [5.41, 5.74) is 0. The molecule has 0 saturated heterocycles. The van der Waals surface area contributed by atoms with Gasteiger partial charge in [-0.25, -0.2) is 0 Å². The normalized spacial score (nSPS) is 9.89. The van der Waals surface area contributed by atoms with Crippen LogP contribution in [0.3, 0.4) is 0 Å².